The maximum absolute atomic E-state index is 12.1. The zero-order valence-corrected chi connectivity index (χ0v) is 18.1. The lowest BCUT2D eigenvalue weighted by atomic mass is 10.2. The molecule has 0 saturated heterocycles. The molecule has 8 nitrogen and oxygen atoms in total. The van der Waals surface area contributed by atoms with Crippen LogP contribution in [-0.2, 0) is 11.3 Å². The van der Waals surface area contributed by atoms with E-state index in [0.29, 0.717) is 31.3 Å². The van der Waals surface area contributed by atoms with Gasteiger partial charge in [-0.1, -0.05) is 52.5 Å². The highest BCUT2D eigenvalue weighted by Gasteiger charge is 2.13. The number of aromatic nitrogens is 4. The van der Waals surface area contributed by atoms with E-state index in [1.807, 2.05) is 0 Å². The van der Waals surface area contributed by atoms with Crippen LogP contribution >= 0.6 is 58.6 Å². The van der Waals surface area contributed by atoms with Crippen molar-refractivity contribution in [2.24, 2.45) is 0 Å². The van der Waals surface area contributed by atoms with Crippen molar-refractivity contribution in [1.29, 1.82) is 0 Å². The van der Waals surface area contributed by atoms with E-state index >= 15 is 0 Å². The third kappa shape index (κ3) is 5.68. The summed E-state index contributed by atoms with van der Waals surface area (Å²) in [5.41, 5.74) is 6.09. The molecule has 2 aromatic carbocycles. The fourth-order valence-corrected chi connectivity index (χ4v) is 2.98. The van der Waals surface area contributed by atoms with Crippen LogP contribution in [0.15, 0.2) is 36.4 Å². The molecule has 0 aliphatic carbocycles. The van der Waals surface area contributed by atoms with Gasteiger partial charge in [0.15, 0.2) is 5.11 Å². The summed E-state index contributed by atoms with van der Waals surface area (Å²) in [6.07, 6.45) is 0. The summed E-state index contributed by atoms with van der Waals surface area (Å²) in [7, 11) is 0. The molecule has 3 aromatic rings. The second-order valence-corrected chi connectivity index (χ2v) is 7.51. The number of hydrogen-bond donors (Lipinski definition) is 3. The molecule has 0 bridgehead atoms. The molecule has 1 heterocycles. The Hall–Kier alpha value is -2.17. The predicted molar refractivity (Wildman–Crippen MR) is 117 cm³/mol. The molecule has 13 heteroatoms. The summed E-state index contributed by atoms with van der Waals surface area (Å²) < 4.78 is 0. The molecule has 0 spiro atoms. The van der Waals surface area contributed by atoms with Crippen LogP contribution in [0.3, 0.4) is 0 Å². The normalized spacial score (nSPS) is 10.5. The van der Waals surface area contributed by atoms with Gasteiger partial charge < -0.3 is 5.32 Å². The van der Waals surface area contributed by atoms with Crippen molar-refractivity contribution in [2.75, 3.05) is 5.32 Å². The number of nitrogens with one attached hydrogen (secondary N) is 3. The Morgan fingerprint density at radius 2 is 1.83 bits per heavy atom. The molecule has 0 aliphatic rings. The van der Waals surface area contributed by atoms with Crippen molar-refractivity contribution in [2.45, 2.75) is 6.54 Å². The fourth-order valence-electron chi connectivity index (χ4n) is 2.13. The number of thiocarbonyl (C=S) groups is 1. The summed E-state index contributed by atoms with van der Waals surface area (Å²) in [6, 6.07) is 9.96. The average Bonchev–Trinajstić information content (AvgIpc) is 3.13. The van der Waals surface area contributed by atoms with Crippen LogP contribution in [0, 0.1) is 0 Å². The minimum Gasteiger partial charge on any atom is -0.331 e. The monoisotopic (exact) mass is 489 g/mol. The number of halogens is 4. The SMILES string of the molecule is O=C(Cn1nnc(-c2cccc(Cl)c2Cl)n1)NNC(=S)Nc1ccc(Cl)c(Cl)c1. The highest BCUT2D eigenvalue weighted by Crippen LogP contribution is 2.31. The number of rotatable bonds is 4. The first kappa shape index (κ1) is 21.5. The molecule has 29 heavy (non-hydrogen) atoms. The molecule has 0 fully saturated rings. The van der Waals surface area contributed by atoms with Crippen molar-refractivity contribution >= 4 is 75.3 Å². The van der Waals surface area contributed by atoms with Gasteiger partial charge in [0, 0.05) is 11.3 Å². The van der Waals surface area contributed by atoms with Crippen LogP contribution in [0.4, 0.5) is 5.69 Å². The Morgan fingerprint density at radius 1 is 1.03 bits per heavy atom. The van der Waals surface area contributed by atoms with Crippen LogP contribution in [0.1, 0.15) is 0 Å². The number of nitrogens with zero attached hydrogens (tertiary/aromatic N) is 4. The smallest absolute Gasteiger partial charge is 0.262 e. The van der Waals surface area contributed by atoms with E-state index in [1.54, 1.807) is 36.4 Å². The van der Waals surface area contributed by atoms with Crippen molar-refractivity contribution in [3.8, 4) is 11.4 Å². The van der Waals surface area contributed by atoms with Gasteiger partial charge in [0.1, 0.15) is 6.54 Å². The van der Waals surface area contributed by atoms with Gasteiger partial charge in [0.2, 0.25) is 5.82 Å². The fraction of sp³-hybridized carbons (Fsp3) is 0.0625. The summed E-state index contributed by atoms with van der Waals surface area (Å²) >= 11 is 29.0. The highest BCUT2D eigenvalue weighted by atomic mass is 35.5. The number of benzene rings is 2. The maximum atomic E-state index is 12.1. The minimum absolute atomic E-state index is 0.148. The molecule has 150 valence electrons. The number of carbonyl (C=O) groups is 1. The van der Waals surface area contributed by atoms with E-state index < -0.39 is 5.91 Å². The van der Waals surface area contributed by atoms with E-state index in [0.717, 1.165) is 4.80 Å². The second kappa shape index (κ2) is 9.55. The first-order valence-corrected chi connectivity index (χ1v) is 9.78. The zero-order valence-electron chi connectivity index (χ0n) is 14.3. The third-order valence-corrected chi connectivity index (χ3v) is 5.19. The first-order valence-electron chi connectivity index (χ1n) is 7.86. The highest BCUT2D eigenvalue weighted by molar-refractivity contribution is 7.80. The molecular formula is C16H11Cl4N7OS. The van der Waals surface area contributed by atoms with E-state index in [4.69, 9.17) is 58.6 Å². The second-order valence-electron chi connectivity index (χ2n) is 5.50. The van der Waals surface area contributed by atoms with Gasteiger partial charge in [-0.25, -0.2) is 0 Å². The summed E-state index contributed by atoms with van der Waals surface area (Å²) in [6.45, 7) is -0.201. The third-order valence-electron chi connectivity index (χ3n) is 3.42. The lowest BCUT2D eigenvalue weighted by Gasteiger charge is -2.11. The Balaban J connectivity index is 1.53. The molecular weight excluding hydrogens is 480 g/mol. The van der Waals surface area contributed by atoms with Gasteiger partial charge in [-0.2, -0.15) is 4.80 Å². The molecule has 0 atom stereocenters. The predicted octanol–water partition coefficient (Wildman–Crippen LogP) is 3.97. The van der Waals surface area contributed by atoms with Gasteiger partial charge in [0.05, 0.1) is 20.1 Å². The van der Waals surface area contributed by atoms with Crippen LogP contribution in [0.5, 0.6) is 0 Å². The van der Waals surface area contributed by atoms with E-state index in [1.165, 1.54) is 0 Å². The molecule has 0 aliphatic heterocycles. The maximum Gasteiger partial charge on any atom is 0.262 e. The topological polar surface area (TPSA) is 96.8 Å². The van der Waals surface area contributed by atoms with Crippen molar-refractivity contribution in [3.63, 3.8) is 0 Å². The average molecular weight is 491 g/mol. The quantitative estimate of drug-likeness (QED) is 0.376. The Morgan fingerprint density at radius 3 is 2.59 bits per heavy atom. The first-order chi connectivity index (χ1) is 13.8. The van der Waals surface area contributed by atoms with E-state index in [9.17, 15) is 4.79 Å². The lowest BCUT2D eigenvalue weighted by Crippen LogP contribution is -2.45. The van der Waals surface area contributed by atoms with E-state index in [-0.39, 0.29) is 17.5 Å². The number of hydrazine groups is 1. The largest absolute Gasteiger partial charge is 0.331 e. The number of tetrazole rings is 1. The number of anilines is 1. The van der Waals surface area contributed by atoms with Crippen molar-refractivity contribution in [3.05, 3.63) is 56.5 Å². The molecule has 0 unspecified atom stereocenters. The number of carbonyl (C=O) groups excluding carboxylic acids is 1. The van der Waals surface area contributed by atoms with Crippen LogP contribution in [0.2, 0.25) is 20.1 Å². The number of amides is 1. The summed E-state index contributed by atoms with van der Waals surface area (Å²) in [5.74, 6) is -0.209. The Kier molecular flexibility index (Phi) is 7.09. The number of hydrogen-bond acceptors (Lipinski definition) is 5. The molecule has 1 aromatic heterocycles. The Labute approximate surface area is 190 Å². The summed E-state index contributed by atoms with van der Waals surface area (Å²) in [5, 5.41) is 16.3. The zero-order chi connectivity index (χ0) is 21.0. The van der Waals surface area contributed by atoms with Crippen LogP contribution in [0.25, 0.3) is 11.4 Å². The van der Waals surface area contributed by atoms with Crippen LogP contribution in [-0.4, -0.2) is 31.2 Å². The minimum atomic E-state index is -0.454. The standard InChI is InChI=1S/C16H11Cl4N7OS/c17-10-5-4-8(6-12(10)19)21-16(29)24-22-13(28)7-27-25-15(23-26-27)9-2-1-3-11(18)14(9)20/h1-6H,7H2,(H,22,28)(H2,21,24,29). The van der Waals surface area contributed by atoms with Gasteiger partial charge >= 0.3 is 0 Å². The lowest BCUT2D eigenvalue weighted by molar-refractivity contribution is -0.122. The summed E-state index contributed by atoms with van der Waals surface area (Å²) in [4.78, 5) is 13.2. The molecule has 0 radical (unpaired) electrons. The van der Waals surface area contributed by atoms with E-state index in [2.05, 4.69) is 31.6 Å². The van der Waals surface area contributed by atoms with Gasteiger partial charge in [-0.15, -0.1) is 10.2 Å². The van der Waals surface area contributed by atoms with Gasteiger partial charge in [0.25, 0.3) is 5.91 Å². The molecule has 3 rings (SSSR count). The van der Waals surface area contributed by atoms with Gasteiger partial charge in [-0.3, -0.25) is 15.6 Å². The van der Waals surface area contributed by atoms with Gasteiger partial charge in [-0.05, 0) is 47.8 Å². The van der Waals surface area contributed by atoms with Crippen LogP contribution < -0.4 is 16.2 Å². The molecule has 1 amide bonds. The Bertz CT molecular complexity index is 1080. The molecule has 0 saturated carbocycles. The molecule has 3 N–H and O–H groups in total. The van der Waals surface area contributed by atoms with Crippen molar-refractivity contribution < 1.29 is 4.79 Å². The van der Waals surface area contributed by atoms with Crippen molar-refractivity contribution in [1.82, 2.24) is 31.1 Å².